The minimum atomic E-state index is -4.52. The van der Waals surface area contributed by atoms with Gasteiger partial charge in [-0.25, -0.2) is 4.79 Å². The average molecular weight is 393 g/mol. The molecule has 0 radical (unpaired) electrons. The number of ether oxygens (including phenoxy) is 2. The third-order valence-corrected chi connectivity index (χ3v) is 3.65. The number of carbonyl (C=O) groups excluding carboxylic acids is 2. The number of hydrogen-bond donors (Lipinski definition) is 1. The van der Waals surface area contributed by atoms with Crippen molar-refractivity contribution in [2.24, 2.45) is 0 Å². The summed E-state index contributed by atoms with van der Waals surface area (Å²) in [5.74, 6) is -0.840. The molecule has 0 saturated heterocycles. The van der Waals surface area contributed by atoms with Crippen LogP contribution in [0, 0.1) is 0 Å². The highest BCUT2D eigenvalue weighted by Gasteiger charge is 2.30. The van der Waals surface area contributed by atoms with Crippen molar-refractivity contribution in [1.29, 1.82) is 0 Å². The number of anilines is 1. The molecule has 0 heterocycles. The molecule has 1 N–H and O–H groups in total. The Morgan fingerprint density at radius 3 is 2.39 bits per heavy atom. The zero-order chi connectivity index (χ0) is 20.7. The van der Waals surface area contributed by atoms with E-state index < -0.39 is 29.7 Å². The highest BCUT2D eigenvalue weighted by Crippen LogP contribution is 2.30. The van der Waals surface area contributed by atoms with Crippen molar-refractivity contribution in [2.45, 2.75) is 19.2 Å². The predicted molar refractivity (Wildman–Crippen MR) is 97.7 cm³/mol. The van der Waals surface area contributed by atoms with Crippen molar-refractivity contribution < 1.29 is 32.2 Å². The summed E-state index contributed by atoms with van der Waals surface area (Å²) < 4.78 is 48.1. The van der Waals surface area contributed by atoms with Crippen molar-refractivity contribution >= 4 is 23.6 Å². The Morgan fingerprint density at radius 1 is 1.11 bits per heavy atom. The van der Waals surface area contributed by atoms with E-state index in [0.29, 0.717) is 5.75 Å². The maximum Gasteiger partial charge on any atom is 0.416 e. The van der Waals surface area contributed by atoms with E-state index in [1.165, 1.54) is 32.2 Å². The number of alkyl halides is 3. The molecule has 0 aliphatic rings. The largest absolute Gasteiger partial charge is 0.497 e. The Kier molecular flexibility index (Phi) is 6.81. The van der Waals surface area contributed by atoms with Gasteiger partial charge in [0.05, 0.1) is 12.7 Å². The Labute approximate surface area is 159 Å². The highest BCUT2D eigenvalue weighted by atomic mass is 19.4. The van der Waals surface area contributed by atoms with E-state index in [2.05, 4.69) is 5.32 Å². The van der Waals surface area contributed by atoms with Crippen LogP contribution in [0.4, 0.5) is 18.9 Å². The fraction of sp³-hybridized carbons (Fsp3) is 0.200. The number of hydrogen-bond acceptors (Lipinski definition) is 4. The lowest BCUT2D eigenvalue weighted by Gasteiger charge is -2.13. The number of halogens is 3. The first-order chi connectivity index (χ1) is 13.2. The molecule has 0 unspecified atom stereocenters. The van der Waals surface area contributed by atoms with E-state index >= 15 is 0 Å². The number of carbonyl (C=O) groups is 2. The zero-order valence-electron chi connectivity index (χ0n) is 15.1. The molecule has 2 rings (SSSR count). The number of rotatable bonds is 6. The van der Waals surface area contributed by atoms with Gasteiger partial charge in [-0.15, -0.1) is 0 Å². The van der Waals surface area contributed by atoms with Crippen molar-refractivity contribution in [2.75, 3.05) is 12.4 Å². The van der Waals surface area contributed by atoms with Crippen LogP contribution >= 0.6 is 0 Å². The Hall–Kier alpha value is -3.29. The Morgan fingerprint density at radius 2 is 1.79 bits per heavy atom. The molecule has 0 bridgehead atoms. The van der Waals surface area contributed by atoms with E-state index in [1.807, 2.05) is 0 Å². The lowest BCUT2D eigenvalue weighted by Crippen LogP contribution is -2.29. The van der Waals surface area contributed by atoms with Gasteiger partial charge >= 0.3 is 12.1 Å². The maximum absolute atomic E-state index is 12.7. The summed E-state index contributed by atoms with van der Waals surface area (Å²) in [5.41, 5.74) is -0.215. The molecule has 0 aromatic heterocycles. The quantitative estimate of drug-likeness (QED) is 0.587. The van der Waals surface area contributed by atoms with Gasteiger partial charge in [0.25, 0.3) is 5.91 Å². The number of amides is 1. The smallest absolute Gasteiger partial charge is 0.416 e. The second-order valence-corrected chi connectivity index (χ2v) is 5.75. The molecule has 2 aromatic rings. The van der Waals surface area contributed by atoms with Crippen LogP contribution in [0.2, 0.25) is 0 Å². The summed E-state index contributed by atoms with van der Waals surface area (Å²) in [6.45, 7) is 1.32. The molecule has 0 aliphatic heterocycles. The molecule has 5 nitrogen and oxygen atoms in total. The van der Waals surface area contributed by atoms with Gasteiger partial charge in [-0.05, 0) is 48.9 Å². The first kappa shape index (κ1) is 21.0. The van der Waals surface area contributed by atoms with Crippen LogP contribution in [0.5, 0.6) is 5.75 Å². The van der Waals surface area contributed by atoms with Gasteiger partial charge < -0.3 is 14.8 Å². The topological polar surface area (TPSA) is 64.6 Å². The lowest BCUT2D eigenvalue weighted by molar-refractivity contribution is -0.148. The summed E-state index contributed by atoms with van der Waals surface area (Å²) in [6, 6.07) is 11.1. The van der Waals surface area contributed by atoms with Crippen LogP contribution in [0.3, 0.4) is 0 Å². The third-order valence-electron chi connectivity index (χ3n) is 3.65. The van der Waals surface area contributed by atoms with Crippen LogP contribution in [0.15, 0.2) is 54.6 Å². The Bertz CT molecular complexity index is 860. The van der Waals surface area contributed by atoms with Crippen LogP contribution in [-0.2, 0) is 20.5 Å². The minimum absolute atomic E-state index is 0.0449. The monoisotopic (exact) mass is 393 g/mol. The average Bonchev–Trinajstić information content (AvgIpc) is 2.66. The standard InChI is InChI=1S/C20H18F3NO4/c1-13(19(26)24-16-5-3-4-15(12-16)20(21,22)23)28-18(25)11-8-14-6-9-17(27-2)10-7-14/h3-13H,1-2H3,(H,24,26)/b11-8+/t13-/m1/s1. The molecule has 0 saturated carbocycles. The van der Waals surface area contributed by atoms with Crippen molar-refractivity contribution in [3.8, 4) is 5.75 Å². The molecule has 0 aliphatic carbocycles. The van der Waals surface area contributed by atoms with E-state index in [-0.39, 0.29) is 5.69 Å². The normalized spacial score (nSPS) is 12.5. The second-order valence-electron chi connectivity index (χ2n) is 5.75. The van der Waals surface area contributed by atoms with Gasteiger partial charge in [0.2, 0.25) is 0 Å². The third kappa shape index (κ3) is 6.15. The molecule has 0 fully saturated rings. The first-order valence-electron chi connectivity index (χ1n) is 8.20. The summed E-state index contributed by atoms with van der Waals surface area (Å²) in [4.78, 5) is 23.9. The number of methoxy groups -OCH3 is 1. The molecule has 1 atom stereocenters. The number of benzene rings is 2. The summed E-state index contributed by atoms with van der Waals surface area (Å²) >= 11 is 0. The van der Waals surface area contributed by atoms with E-state index in [9.17, 15) is 22.8 Å². The van der Waals surface area contributed by atoms with Crippen molar-refractivity contribution in [3.05, 3.63) is 65.7 Å². The van der Waals surface area contributed by atoms with E-state index in [0.717, 1.165) is 23.8 Å². The van der Waals surface area contributed by atoms with Gasteiger partial charge in [0.1, 0.15) is 5.75 Å². The predicted octanol–water partition coefficient (Wildman–Crippen LogP) is 4.30. The maximum atomic E-state index is 12.7. The van der Waals surface area contributed by atoms with Crippen LogP contribution in [-0.4, -0.2) is 25.1 Å². The molecule has 148 valence electrons. The molecular formula is C20H18F3NO4. The van der Waals surface area contributed by atoms with E-state index in [4.69, 9.17) is 9.47 Å². The van der Waals surface area contributed by atoms with Crippen LogP contribution in [0.25, 0.3) is 6.08 Å². The van der Waals surface area contributed by atoms with Gasteiger partial charge in [-0.3, -0.25) is 4.79 Å². The van der Waals surface area contributed by atoms with Crippen molar-refractivity contribution in [3.63, 3.8) is 0 Å². The first-order valence-corrected chi connectivity index (χ1v) is 8.20. The summed E-state index contributed by atoms with van der Waals surface area (Å²) in [5, 5.41) is 2.29. The zero-order valence-corrected chi connectivity index (χ0v) is 15.1. The molecule has 0 spiro atoms. The Balaban J connectivity index is 1.92. The summed E-state index contributed by atoms with van der Waals surface area (Å²) in [7, 11) is 1.54. The second kappa shape index (κ2) is 9.07. The van der Waals surface area contributed by atoms with Crippen molar-refractivity contribution in [1.82, 2.24) is 0 Å². The molecule has 28 heavy (non-hydrogen) atoms. The summed E-state index contributed by atoms with van der Waals surface area (Å²) in [6.07, 6.45) is -3.07. The van der Waals surface area contributed by atoms with Gasteiger partial charge in [0, 0.05) is 11.8 Å². The molecule has 8 heteroatoms. The molecule has 1 amide bonds. The minimum Gasteiger partial charge on any atom is -0.497 e. The molecular weight excluding hydrogens is 375 g/mol. The molecule has 2 aromatic carbocycles. The highest BCUT2D eigenvalue weighted by molar-refractivity contribution is 5.96. The van der Waals surface area contributed by atoms with Gasteiger partial charge in [-0.1, -0.05) is 18.2 Å². The van der Waals surface area contributed by atoms with Gasteiger partial charge in [-0.2, -0.15) is 13.2 Å². The van der Waals surface area contributed by atoms with Gasteiger partial charge in [0.15, 0.2) is 6.10 Å². The fourth-order valence-electron chi connectivity index (χ4n) is 2.16. The fourth-order valence-corrected chi connectivity index (χ4v) is 2.16. The number of nitrogens with one attached hydrogen (secondary N) is 1. The van der Waals surface area contributed by atoms with E-state index in [1.54, 1.807) is 24.3 Å². The van der Waals surface area contributed by atoms with Crippen LogP contribution in [0.1, 0.15) is 18.1 Å². The lowest BCUT2D eigenvalue weighted by atomic mass is 10.2. The number of esters is 1. The van der Waals surface area contributed by atoms with Crippen LogP contribution < -0.4 is 10.1 Å². The SMILES string of the molecule is COc1ccc(/C=C/C(=O)O[C@H](C)C(=O)Nc2cccc(C(F)(F)F)c2)cc1.